The summed E-state index contributed by atoms with van der Waals surface area (Å²) in [7, 11) is 0. The maximum absolute atomic E-state index is 13.2. The number of aryl methyl sites for hydroxylation is 1. The molecule has 2 heterocycles. The van der Waals surface area contributed by atoms with Gasteiger partial charge in [0, 0.05) is 17.0 Å². The summed E-state index contributed by atoms with van der Waals surface area (Å²) in [4.78, 5) is 31.1. The van der Waals surface area contributed by atoms with E-state index in [1.165, 1.54) is 11.3 Å². The van der Waals surface area contributed by atoms with E-state index < -0.39 is 11.9 Å². The highest BCUT2D eigenvalue weighted by Gasteiger charge is 2.34. The second-order valence-corrected chi connectivity index (χ2v) is 7.14. The molecule has 2 aromatic heterocycles. The number of rotatable bonds is 4. The standard InChI is InChI=1S/C19H16N2O3S/c1-2-10-21-16(11-6-4-3-5-7-11)20-17-15(18(21)22)14-12(19(23)24)8-9-13(14)25-17/h2-7,12H,1,8-10H2,(H,23,24). The lowest BCUT2D eigenvalue weighted by Crippen LogP contribution is -2.24. The molecule has 25 heavy (non-hydrogen) atoms. The summed E-state index contributed by atoms with van der Waals surface area (Å²) < 4.78 is 1.58. The van der Waals surface area contributed by atoms with Gasteiger partial charge in [0.15, 0.2) is 0 Å². The van der Waals surface area contributed by atoms with Crippen molar-refractivity contribution in [2.45, 2.75) is 25.3 Å². The van der Waals surface area contributed by atoms with E-state index in [1.54, 1.807) is 10.6 Å². The van der Waals surface area contributed by atoms with E-state index in [0.29, 0.717) is 41.0 Å². The average Bonchev–Trinajstić information content (AvgIpc) is 3.16. The predicted octanol–water partition coefficient (Wildman–Crippen LogP) is 3.43. The monoisotopic (exact) mass is 352 g/mol. The number of thiophene rings is 1. The Kier molecular flexibility index (Phi) is 3.77. The fraction of sp³-hybridized carbons (Fsp3) is 0.211. The normalized spacial score (nSPS) is 16.1. The third kappa shape index (κ3) is 2.41. The molecule has 126 valence electrons. The number of allylic oxidation sites excluding steroid dienone is 1. The van der Waals surface area contributed by atoms with Gasteiger partial charge in [0.2, 0.25) is 0 Å². The zero-order valence-corrected chi connectivity index (χ0v) is 14.3. The Labute approximate surface area is 147 Å². The minimum absolute atomic E-state index is 0.186. The molecule has 0 fully saturated rings. The van der Waals surface area contributed by atoms with E-state index in [-0.39, 0.29) is 5.56 Å². The fourth-order valence-electron chi connectivity index (χ4n) is 3.48. The summed E-state index contributed by atoms with van der Waals surface area (Å²) in [6.45, 7) is 4.06. The molecule has 0 aliphatic heterocycles. The Balaban J connectivity index is 2.05. The summed E-state index contributed by atoms with van der Waals surface area (Å²) >= 11 is 1.44. The van der Waals surface area contributed by atoms with Gasteiger partial charge in [0.05, 0.1) is 11.3 Å². The molecule has 1 aliphatic rings. The van der Waals surface area contributed by atoms with Crippen LogP contribution in [0.4, 0.5) is 0 Å². The Morgan fingerprint density at radius 1 is 1.40 bits per heavy atom. The van der Waals surface area contributed by atoms with Crippen LogP contribution in [0.5, 0.6) is 0 Å². The quantitative estimate of drug-likeness (QED) is 0.730. The topological polar surface area (TPSA) is 72.2 Å². The molecule has 0 bridgehead atoms. The van der Waals surface area contributed by atoms with Crippen molar-refractivity contribution in [2.24, 2.45) is 0 Å². The summed E-state index contributed by atoms with van der Waals surface area (Å²) in [6, 6.07) is 9.54. The van der Waals surface area contributed by atoms with E-state index in [2.05, 4.69) is 6.58 Å². The van der Waals surface area contributed by atoms with Gasteiger partial charge in [-0.15, -0.1) is 17.9 Å². The Morgan fingerprint density at radius 3 is 2.84 bits per heavy atom. The number of nitrogens with zero attached hydrogens (tertiary/aromatic N) is 2. The first-order valence-corrected chi connectivity index (χ1v) is 8.88. The van der Waals surface area contributed by atoms with Crippen LogP contribution in [0.2, 0.25) is 0 Å². The summed E-state index contributed by atoms with van der Waals surface area (Å²) in [6.07, 6.45) is 2.89. The third-order valence-electron chi connectivity index (χ3n) is 4.58. The number of aliphatic carboxylic acids is 1. The van der Waals surface area contributed by atoms with Crippen LogP contribution < -0.4 is 5.56 Å². The Hall–Kier alpha value is -2.73. The number of fused-ring (bicyclic) bond motifs is 3. The summed E-state index contributed by atoms with van der Waals surface area (Å²) in [5.41, 5.74) is 1.34. The molecule has 5 nitrogen and oxygen atoms in total. The zero-order valence-electron chi connectivity index (χ0n) is 13.4. The molecule has 1 atom stereocenters. The molecule has 4 rings (SSSR count). The van der Waals surface area contributed by atoms with Crippen LogP contribution in [0.3, 0.4) is 0 Å². The number of hydrogen-bond donors (Lipinski definition) is 1. The van der Waals surface area contributed by atoms with Crippen molar-refractivity contribution in [1.29, 1.82) is 0 Å². The van der Waals surface area contributed by atoms with E-state index >= 15 is 0 Å². The second-order valence-electron chi connectivity index (χ2n) is 6.05. The van der Waals surface area contributed by atoms with Gasteiger partial charge in [-0.3, -0.25) is 14.2 Å². The van der Waals surface area contributed by atoms with E-state index in [9.17, 15) is 14.7 Å². The minimum Gasteiger partial charge on any atom is -0.481 e. The van der Waals surface area contributed by atoms with Gasteiger partial charge < -0.3 is 5.11 Å². The van der Waals surface area contributed by atoms with Crippen LogP contribution in [0.25, 0.3) is 21.6 Å². The van der Waals surface area contributed by atoms with Gasteiger partial charge >= 0.3 is 5.97 Å². The van der Waals surface area contributed by atoms with E-state index in [4.69, 9.17) is 4.98 Å². The Bertz CT molecular complexity index is 1050. The fourth-order valence-corrected chi connectivity index (χ4v) is 4.72. The van der Waals surface area contributed by atoms with E-state index in [0.717, 1.165) is 10.4 Å². The highest BCUT2D eigenvalue weighted by Crippen LogP contribution is 2.42. The van der Waals surface area contributed by atoms with Crippen LogP contribution in [-0.2, 0) is 17.8 Å². The second kappa shape index (κ2) is 5.97. The number of benzene rings is 1. The van der Waals surface area contributed by atoms with Crippen LogP contribution in [0, 0.1) is 0 Å². The van der Waals surface area contributed by atoms with Gasteiger partial charge in [0.1, 0.15) is 10.7 Å². The molecule has 6 heteroatoms. The smallest absolute Gasteiger partial charge is 0.311 e. The van der Waals surface area contributed by atoms with Crippen LogP contribution in [-0.4, -0.2) is 20.6 Å². The maximum atomic E-state index is 13.2. The van der Waals surface area contributed by atoms with Crippen LogP contribution >= 0.6 is 11.3 Å². The predicted molar refractivity (Wildman–Crippen MR) is 98.2 cm³/mol. The molecule has 3 aromatic rings. The van der Waals surface area contributed by atoms with Crippen molar-refractivity contribution in [3.8, 4) is 11.4 Å². The van der Waals surface area contributed by atoms with E-state index in [1.807, 2.05) is 30.3 Å². The number of carboxylic acids is 1. The van der Waals surface area contributed by atoms with Crippen molar-refractivity contribution in [2.75, 3.05) is 0 Å². The van der Waals surface area contributed by atoms with Gasteiger partial charge in [-0.1, -0.05) is 36.4 Å². The Morgan fingerprint density at radius 2 is 2.16 bits per heavy atom. The zero-order chi connectivity index (χ0) is 17.6. The molecule has 1 aliphatic carbocycles. The molecule has 0 radical (unpaired) electrons. The SMILES string of the molecule is C=CCn1c(-c2ccccc2)nc2sc3c(c2c1=O)C(C(=O)O)CC3. The number of aromatic nitrogens is 2. The van der Waals surface area contributed by atoms with Crippen LogP contribution in [0.1, 0.15) is 22.8 Å². The number of carboxylic acid groups (broad SMARTS) is 1. The van der Waals surface area contributed by atoms with Crippen molar-refractivity contribution >= 4 is 27.5 Å². The van der Waals surface area contributed by atoms with Crippen molar-refractivity contribution in [1.82, 2.24) is 9.55 Å². The molecule has 0 amide bonds. The molecular weight excluding hydrogens is 336 g/mol. The van der Waals surface area contributed by atoms with Crippen molar-refractivity contribution < 1.29 is 9.90 Å². The highest BCUT2D eigenvalue weighted by molar-refractivity contribution is 7.18. The lowest BCUT2D eigenvalue weighted by Gasteiger charge is -2.12. The maximum Gasteiger partial charge on any atom is 0.311 e. The van der Waals surface area contributed by atoms with Crippen molar-refractivity contribution in [3.63, 3.8) is 0 Å². The summed E-state index contributed by atoms with van der Waals surface area (Å²) in [5, 5.41) is 9.96. The molecule has 0 saturated carbocycles. The molecule has 0 spiro atoms. The van der Waals surface area contributed by atoms with Gasteiger partial charge in [-0.05, 0) is 18.4 Å². The lowest BCUT2D eigenvalue weighted by atomic mass is 10.0. The first-order valence-electron chi connectivity index (χ1n) is 8.07. The van der Waals surface area contributed by atoms with Crippen LogP contribution in [0.15, 0.2) is 47.8 Å². The molecule has 1 aromatic carbocycles. The molecule has 0 saturated heterocycles. The molecular formula is C19H16N2O3S. The minimum atomic E-state index is -0.875. The first-order chi connectivity index (χ1) is 12.1. The average molecular weight is 352 g/mol. The summed E-state index contributed by atoms with van der Waals surface area (Å²) in [5.74, 6) is -0.900. The number of hydrogen-bond acceptors (Lipinski definition) is 4. The molecule has 1 N–H and O–H groups in total. The third-order valence-corrected chi connectivity index (χ3v) is 5.74. The van der Waals surface area contributed by atoms with Gasteiger partial charge in [0.25, 0.3) is 5.56 Å². The highest BCUT2D eigenvalue weighted by atomic mass is 32.1. The lowest BCUT2D eigenvalue weighted by molar-refractivity contribution is -0.138. The number of carbonyl (C=O) groups is 1. The van der Waals surface area contributed by atoms with Crippen molar-refractivity contribution in [3.05, 3.63) is 63.8 Å². The van der Waals surface area contributed by atoms with Gasteiger partial charge in [-0.25, -0.2) is 4.98 Å². The first kappa shape index (κ1) is 15.8. The van der Waals surface area contributed by atoms with Gasteiger partial charge in [-0.2, -0.15) is 0 Å². The largest absolute Gasteiger partial charge is 0.481 e. The molecule has 1 unspecified atom stereocenters.